The van der Waals surface area contributed by atoms with Crippen LogP contribution in [0.2, 0.25) is 0 Å². The molecule has 2 atom stereocenters. The molecule has 0 saturated carbocycles. The van der Waals surface area contributed by atoms with Crippen molar-refractivity contribution in [3.63, 3.8) is 0 Å². The summed E-state index contributed by atoms with van der Waals surface area (Å²) in [6, 6.07) is -0.421. The number of ether oxygens (including phenoxy) is 5. The van der Waals surface area contributed by atoms with Crippen LogP contribution in [0.4, 0.5) is 9.59 Å². The van der Waals surface area contributed by atoms with E-state index >= 15 is 0 Å². The van der Waals surface area contributed by atoms with Gasteiger partial charge in [0.25, 0.3) is 0 Å². The Morgan fingerprint density at radius 3 is 1.32 bits per heavy atom. The Labute approximate surface area is 306 Å². The number of carbonyl (C=O) groups is 2. The highest BCUT2D eigenvalue weighted by molar-refractivity contribution is 5.70. The zero-order chi connectivity index (χ0) is 37.8. The highest BCUT2D eigenvalue weighted by Crippen LogP contribution is 2.30. The van der Waals surface area contributed by atoms with Crippen LogP contribution in [-0.2, 0) is 23.7 Å². The second-order valence-corrected chi connectivity index (χ2v) is 17.1. The Morgan fingerprint density at radius 1 is 0.620 bits per heavy atom. The zero-order valence-corrected chi connectivity index (χ0v) is 34.2. The molecular weight excluding hydrogens is 636 g/mol. The van der Waals surface area contributed by atoms with Crippen LogP contribution in [0.5, 0.6) is 0 Å². The molecule has 0 spiro atoms. The lowest BCUT2D eigenvalue weighted by Gasteiger charge is -2.35. The van der Waals surface area contributed by atoms with Gasteiger partial charge < -0.3 is 28.8 Å². The SMILES string of the molecule is CC(C)(C)OC(=O)N1[C@H](CO)COC1(C)C.CCCCCCCCCCCCCCCCCCOC[C@@H]1COC(C)(C)N1C(=O)OC(C)(C)C. The Balaban J connectivity index is 0.000000649. The number of carbonyl (C=O) groups excluding carboxylic acids is 2. The maximum atomic E-state index is 12.6. The van der Waals surface area contributed by atoms with Gasteiger partial charge in [0.1, 0.15) is 22.7 Å². The predicted octanol–water partition coefficient (Wildman–Crippen LogP) is 9.99. The second-order valence-electron chi connectivity index (χ2n) is 17.1. The number of nitrogens with zero attached hydrogens (tertiary/aromatic N) is 2. The number of aliphatic hydroxyl groups is 1. The topological polar surface area (TPSA) is 107 Å². The lowest BCUT2D eigenvalue weighted by molar-refractivity contribution is -0.0661. The summed E-state index contributed by atoms with van der Waals surface area (Å²) < 4.78 is 28.1. The molecule has 0 aromatic rings. The van der Waals surface area contributed by atoms with E-state index in [-0.39, 0.29) is 24.8 Å². The summed E-state index contributed by atoms with van der Waals surface area (Å²) in [5.74, 6) is 0. The van der Waals surface area contributed by atoms with Crippen molar-refractivity contribution in [1.29, 1.82) is 0 Å². The molecule has 10 heteroatoms. The standard InChI is InChI=1S/C29H57NO4.C11H21NO4/c1-7-8-9-10-11-12-13-14-15-16-17-18-19-20-21-22-23-32-24-26-25-33-29(5,6)30(26)27(31)34-28(2,3)4;1-10(2,3)16-9(14)12-8(6-13)7-15-11(12,4)5/h26H,7-25H2,1-6H3;8,13H,6-7H2,1-5H3/t26-;8-/m11/s1. The molecule has 0 unspecified atom stereocenters. The van der Waals surface area contributed by atoms with Crippen molar-refractivity contribution in [2.75, 3.05) is 33.0 Å². The first-order chi connectivity index (χ1) is 23.3. The van der Waals surface area contributed by atoms with Crippen molar-refractivity contribution >= 4 is 12.2 Å². The lowest BCUT2D eigenvalue weighted by atomic mass is 10.0. The van der Waals surface area contributed by atoms with Gasteiger partial charge in [0.15, 0.2) is 0 Å². The van der Waals surface area contributed by atoms with Crippen LogP contribution in [0, 0.1) is 0 Å². The van der Waals surface area contributed by atoms with Gasteiger partial charge in [0.2, 0.25) is 0 Å². The molecule has 0 bridgehead atoms. The Bertz CT molecular complexity index is 927. The Hall–Kier alpha value is -1.62. The molecule has 296 valence electrons. The zero-order valence-electron chi connectivity index (χ0n) is 34.2. The minimum absolute atomic E-state index is 0.0918. The van der Waals surface area contributed by atoms with E-state index in [0.29, 0.717) is 19.8 Å². The number of hydrogen-bond acceptors (Lipinski definition) is 8. The number of hydrogen-bond donors (Lipinski definition) is 1. The first-order valence-electron chi connectivity index (χ1n) is 19.9. The maximum Gasteiger partial charge on any atom is 0.412 e. The van der Waals surface area contributed by atoms with Crippen LogP contribution < -0.4 is 0 Å². The normalized spacial score (nSPS) is 20.1. The molecule has 1 N–H and O–H groups in total. The monoisotopic (exact) mass is 715 g/mol. The number of rotatable bonds is 20. The quantitative estimate of drug-likeness (QED) is 0.124. The maximum absolute atomic E-state index is 12.6. The van der Waals surface area contributed by atoms with Crippen molar-refractivity contribution < 1.29 is 38.4 Å². The minimum Gasteiger partial charge on any atom is -0.444 e. The van der Waals surface area contributed by atoms with Crippen molar-refractivity contribution in [3.05, 3.63) is 0 Å². The summed E-state index contributed by atoms with van der Waals surface area (Å²) in [7, 11) is 0. The van der Waals surface area contributed by atoms with E-state index < -0.39 is 28.7 Å². The van der Waals surface area contributed by atoms with Crippen LogP contribution in [0.15, 0.2) is 0 Å². The fourth-order valence-electron chi connectivity index (χ4n) is 6.36. The molecule has 2 aliphatic rings. The van der Waals surface area contributed by atoms with Crippen LogP contribution in [0.3, 0.4) is 0 Å². The lowest BCUT2D eigenvalue weighted by Crippen LogP contribution is -2.51. The summed E-state index contributed by atoms with van der Waals surface area (Å²) in [6.07, 6.45) is 21.1. The van der Waals surface area contributed by atoms with Gasteiger partial charge in [0, 0.05) is 6.61 Å². The summed E-state index contributed by atoms with van der Waals surface area (Å²) in [6.45, 7) is 22.7. The minimum atomic E-state index is -0.726. The molecule has 2 heterocycles. The first-order valence-corrected chi connectivity index (χ1v) is 19.9. The Morgan fingerprint density at radius 2 is 0.960 bits per heavy atom. The molecule has 2 amide bonds. The van der Waals surface area contributed by atoms with Gasteiger partial charge in [-0.2, -0.15) is 0 Å². The summed E-state index contributed by atoms with van der Waals surface area (Å²) in [5, 5.41) is 9.19. The van der Waals surface area contributed by atoms with Gasteiger partial charge in [-0.05, 0) is 75.7 Å². The predicted molar refractivity (Wildman–Crippen MR) is 201 cm³/mol. The molecule has 50 heavy (non-hydrogen) atoms. The molecule has 2 fully saturated rings. The Kier molecular flexibility index (Phi) is 21.5. The van der Waals surface area contributed by atoms with Crippen LogP contribution >= 0.6 is 0 Å². The third-order valence-corrected chi connectivity index (χ3v) is 8.99. The molecule has 10 nitrogen and oxygen atoms in total. The van der Waals surface area contributed by atoms with Gasteiger partial charge in [-0.1, -0.05) is 103 Å². The van der Waals surface area contributed by atoms with Crippen LogP contribution in [0.25, 0.3) is 0 Å². The van der Waals surface area contributed by atoms with E-state index in [9.17, 15) is 14.7 Å². The van der Waals surface area contributed by atoms with Gasteiger partial charge in [-0.25, -0.2) is 9.59 Å². The fourth-order valence-corrected chi connectivity index (χ4v) is 6.36. The molecule has 2 aliphatic heterocycles. The first kappa shape index (κ1) is 46.4. The van der Waals surface area contributed by atoms with Crippen molar-refractivity contribution in [1.82, 2.24) is 9.80 Å². The molecular formula is C40H78N2O8. The van der Waals surface area contributed by atoms with E-state index in [0.717, 1.165) is 13.0 Å². The van der Waals surface area contributed by atoms with Gasteiger partial charge in [-0.15, -0.1) is 0 Å². The van der Waals surface area contributed by atoms with Crippen LogP contribution in [0.1, 0.15) is 179 Å². The van der Waals surface area contributed by atoms with Gasteiger partial charge in [-0.3, -0.25) is 9.80 Å². The van der Waals surface area contributed by atoms with E-state index in [1.54, 1.807) is 18.7 Å². The third kappa shape index (κ3) is 19.3. The average Bonchev–Trinajstić information content (AvgIpc) is 3.48. The number of amides is 2. The average molecular weight is 715 g/mol. The second kappa shape index (κ2) is 23.1. The molecule has 0 aromatic heterocycles. The molecule has 0 radical (unpaired) electrons. The largest absolute Gasteiger partial charge is 0.444 e. The number of unbranched alkanes of at least 4 members (excludes halogenated alkanes) is 15. The summed E-state index contributed by atoms with van der Waals surface area (Å²) in [5.41, 5.74) is -2.45. The molecule has 0 aliphatic carbocycles. The van der Waals surface area contributed by atoms with E-state index in [1.807, 2.05) is 55.4 Å². The van der Waals surface area contributed by atoms with Crippen molar-refractivity contribution in [2.45, 2.75) is 214 Å². The van der Waals surface area contributed by atoms with E-state index in [2.05, 4.69) is 6.92 Å². The van der Waals surface area contributed by atoms with E-state index in [4.69, 9.17) is 23.7 Å². The molecule has 2 rings (SSSR count). The molecule has 0 aromatic carbocycles. The summed E-state index contributed by atoms with van der Waals surface area (Å²) >= 11 is 0. The molecule has 2 saturated heterocycles. The highest BCUT2D eigenvalue weighted by atomic mass is 16.6. The summed E-state index contributed by atoms with van der Waals surface area (Å²) in [4.78, 5) is 27.8. The van der Waals surface area contributed by atoms with Gasteiger partial charge >= 0.3 is 12.2 Å². The van der Waals surface area contributed by atoms with Crippen molar-refractivity contribution in [3.8, 4) is 0 Å². The van der Waals surface area contributed by atoms with Crippen molar-refractivity contribution in [2.24, 2.45) is 0 Å². The number of aliphatic hydroxyl groups excluding tert-OH is 1. The van der Waals surface area contributed by atoms with E-state index in [1.165, 1.54) is 101 Å². The smallest absolute Gasteiger partial charge is 0.412 e. The van der Waals surface area contributed by atoms with Gasteiger partial charge in [0.05, 0.1) is 38.5 Å². The van der Waals surface area contributed by atoms with Crippen LogP contribution in [-0.4, -0.2) is 94.9 Å². The fraction of sp³-hybridized carbons (Fsp3) is 0.950. The highest BCUT2D eigenvalue weighted by Gasteiger charge is 2.46. The third-order valence-electron chi connectivity index (χ3n) is 8.99.